The van der Waals surface area contributed by atoms with Crippen LogP contribution >= 0.6 is 0 Å². The highest BCUT2D eigenvalue weighted by atomic mass is 16.3. The molecule has 10 aromatic carbocycles. The molecule has 0 unspecified atom stereocenters. The van der Waals surface area contributed by atoms with Gasteiger partial charge in [-0.3, -0.25) is 0 Å². The van der Waals surface area contributed by atoms with Gasteiger partial charge in [-0.15, -0.1) is 0 Å². The van der Waals surface area contributed by atoms with Crippen molar-refractivity contribution in [2.45, 2.75) is 52.4 Å². The first-order valence-electron chi connectivity index (χ1n) is 21.6. The Hall–Kier alpha value is -6.96. The molecule has 1 nitrogen and oxygen atoms in total. The van der Waals surface area contributed by atoms with Crippen LogP contribution in [-0.4, -0.2) is 0 Å². The van der Waals surface area contributed by atoms with Crippen LogP contribution in [0.5, 0.6) is 0 Å². The fraction of sp³-hybridized carbons (Fsp3) is 0.133. The van der Waals surface area contributed by atoms with Crippen molar-refractivity contribution in [2.24, 2.45) is 0 Å². The average Bonchev–Trinajstić information content (AvgIpc) is 3.76. The average molecular weight is 785 g/mol. The number of hydrogen-bond donors (Lipinski definition) is 0. The Morgan fingerprint density at radius 2 is 0.639 bits per heavy atom. The summed E-state index contributed by atoms with van der Waals surface area (Å²) in [5.74, 6) is 1.78. The number of fused-ring (bicyclic) bond motifs is 8. The van der Waals surface area contributed by atoms with E-state index >= 15 is 0 Å². The maximum absolute atomic E-state index is 7.23. The van der Waals surface area contributed by atoms with Gasteiger partial charge in [0.25, 0.3) is 0 Å². The third kappa shape index (κ3) is 6.14. The normalized spacial score (nSPS) is 12.4. The van der Waals surface area contributed by atoms with E-state index in [1.807, 2.05) is 0 Å². The summed E-state index contributed by atoms with van der Waals surface area (Å²) in [5, 5.41) is 15.0. The zero-order valence-corrected chi connectivity index (χ0v) is 35.7. The van der Waals surface area contributed by atoms with Crippen molar-refractivity contribution >= 4 is 64.6 Å². The van der Waals surface area contributed by atoms with Crippen molar-refractivity contribution in [3.8, 4) is 44.9 Å². The Labute approximate surface area is 357 Å². The zero-order valence-electron chi connectivity index (χ0n) is 35.7. The standard InChI is InChI=1S/C60H48O/c1-59(2,3)53-35-51(41-27-29-45-39(33-41)25-23-37-15-7-9-17-43(37)45)47-19-11-13-21-49(47)57(53)55-31-32-56(61-55)58-50-22-14-12-20-48(50)52(36-54(58)60(4,5)6)42-28-30-46-40(34-42)26-24-38-16-8-10-18-44(38)46/h7-36H,1-6H3. The van der Waals surface area contributed by atoms with Crippen molar-refractivity contribution in [1.29, 1.82) is 0 Å². The van der Waals surface area contributed by atoms with Crippen LogP contribution in [-0.2, 0) is 10.8 Å². The van der Waals surface area contributed by atoms with Crippen molar-refractivity contribution in [2.75, 3.05) is 0 Å². The molecule has 11 rings (SSSR count). The second-order valence-corrected chi connectivity index (χ2v) is 18.9. The van der Waals surface area contributed by atoms with Gasteiger partial charge in [-0.25, -0.2) is 0 Å². The van der Waals surface area contributed by atoms with Gasteiger partial charge in [-0.2, -0.15) is 0 Å². The molecule has 0 atom stereocenters. The number of rotatable bonds is 4. The number of hydrogen-bond acceptors (Lipinski definition) is 1. The summed E-state index contributed by atoms with van der Waals surface area (Å²) in [7, 11) is 0. The lowest BCUT2D eigenvalue weighted by Gasteiger charge is -2.26. The molecule has 0 amide bonds. The second kappa shape index (κ2) is 13.8. The summed E-state index contributed by atoms with van der Waals surface area (Å²) in [6.45, 7) is 13.9. The Kier molecular flexibility index (Phi) is 8.38. The molecular weight excluding hydrogens is 737 g/mol. The van der Waals surface area contributed by atoms with Crippen LogP contribution in [0.2, 0.25) is 0 Å². The topological polar surface area (TPSA) is 13.1 Å². The fourth-order valence-corrected chi connectivity index (χ4v) is 9.91. The SMILES string of the molecule is CC(C)(C)c1cc(-c2ccc3c(ccc4ccccc43)c2)c2ccccc2c1-c1ccc(-c2c(C(C)(C)C)cc(-c3ccc4c(ccc5ccccc54)c3)c3ccccc23)o1. The highest BCUT2D eigenvalue weighted by molar-refractivity contribution is 6.13. The summed E-state index contributed by atoms with van der Waals surface area (Å²) in [4.78, 5) is 0. The van der Waals surface area contributed by atoms with E-state index in [1.165, 1.54) is 98.0 Å². The third-order valence-corrected chi connectivity index (χ3v) is 12.9. The molecule has 0 saturated carbocycles. The smallest absolute Gasteiger partial charge is 0.135 e. The molecular formula is C60H48O. The van der Waals surface area contributed by atoms with Crippen LogP contribution in [0.4, 0.5) is 0 Å². The molecule has 0 saturated heterocycles. The quantitative estimate of drug-likeness (QED) is 0.162. The van der Waals surface area contributed by atoms with E-state index in [-0.39, 0.29) is 10.8 Å². The Balaban J connectivity index is 1.09. The summed E-state index contributed by atoms with van der Waals surface area (Å²) in [6, 6.07) is 67.3. The van der Waals surface area contributed by atoms with E-state index in [1.54, 1.807) is 0 Å². The monoisotopic (exact) mass is 784 g/mol. The van der Waals surface area contributed by atoms with E-state index in [4.69, 9.17) is 4.42 Å². The molecule has 0 aliphatic heterocycles. The first-order valence-corrected chi connectivity index (χ1v) is 21.6. The number of furan rings is 1. The lowest BCUT2D eigenvalue weighted by molar-refractivity contribution is 0.567. The van der Waals surface area contributed by atoms with E-state index in [0.717, 1.165) is 22.6 Å². The maximum atomic E-state index is 7.23. The van der Waals surface area contributed by atoms with Crippen molar-refractivity contribution in [3.63, 3.8) is 0 Å². The number of benzene rings is 10. The minimum atomic E-state index is -0.162. The summed E-state index contributed by atoms with van der Waals surface area (Å²) < 4.78 is 7.23. The lowest BCUT2D eigenvalue weighted by atomic mass is 9.78. The van der Waals surface area contributed by atoms with Gasteiger partial charge >= 0.3 is 0 Å². The Morgan fingerprint density at radius 1 is 0.295 bits per heavy atom. The van der Waals surface area contributed by atoms with Crippen LogP contribution in [0.25, 0.3) is 110 Å². The minimum absolute atomic E-state index is 0.162. The minimum Gasteiger partial charge on any atom is -0.456 e. The van der Waals surface area contributed by atoms with Gasteiger partial charge in [0, 0.05) is 11.1 Å². The molecule has 0 aliphatic rings. The predicted molar refractivity (Wildman–Crippen MR) is 263 cm³/mol. The molecule has 1 heterocycles. The molecule has 0 aliphatic carbocycles. The molecule has 1 heteroatoms. The van der Waals surface area contributed by atoms with E-state index in [9.17, 15) is 0 Å². The van der Waals surface area contributed by atoms with Crippen LogP contribution in [0.15, 0.2) is 186 Å². The van der Waals surface area contributed by atoms with Gasteiger partial charge in [0.1, 0.15) is 11.5 Å². The van der Waals surface area contributed by atoms with Gasteiger partial charge in [0.2, 0.25) is 0 Å². The first-order chi connectivity index (χ1) is 29.5. The highest BCUT2D eigenvalue weighted by Crippen LogP contribution is 2.48. The van der Waals surface area contributed by atoms with Crippen LogP contribution in [0.3, 0.4) is 0 Å². The summed E-state index contributed by atoms with van der Waals surface area (Å²) in [5.41, 5.74) is 9.44. The van der Waals surface area contributed by atoms with Gasteiger partial charge in [-0.05, 0) is 145 Å². The molecule has 0 N–H and O–H groups in total. The molecule has 0 fully saturated rings. The fourth-order valence-electron chi connectivity index (χ4n) is 9.91. The van der Waals surface area contributed by atoms with Crippen molar-refractivity contribution in [3.05, 3.63) is 193 Å². The summed E-state index contributed by atoms with van der Waals surface area (Å²) in [6.07, 6.45) is 0. The van der Waals surface area contributed by atoms with Crippen molar-refractivity contribution < 1.29 is 4.42 Å². The van der Waals surface area contributed by atoms with Crippen LogP contribution in [0.1, 0.15) is 52.7 Å². The molecule has 0 bridgehead atoms. The van der Waals surface area contributed by atoms with Crippen LogP contribution in [0, 0.1) is 0 Å². The van der Waals surface area contributed by atoms with Gasteiger partial charge in [0.05, 0.1) is 0 Å². The molecule has 11 aromatic rings. The van der Waals surface area contributed by atoms with Crippen LogP contribution < -0.4 is 0 Å². The molecule has 294 valence electrons. The van der Waals surface area contributed by atoms with E-state index in [2.05, 4.69) is 224 Å². The third-order valence-electron chi connectivity index (χ3n) is 12.9. The first kappa shape index (κ1) is 37.1. The molecule has 0 radical (unpaired) electrons. The largest absolute Gasteiger partial charge is 0.456 e. The predicted octanol–water partition coefficient (Wildman–Crippen LogP) is 17.5. The Morgan fingerprint density at radius 3 is 1.05 bits per heavy atom. The highest BCUT2D eigenvalue weighted by Gasteiger charge is 2.28. The summed E-state index contributed by atoms with van der Waals surface area (Å²) >= 11 is 0. The molecule has 0 spiro atoms. The maximum Gasteiger partial charge on any atom is 0.135 e. The van der Waals surface area contributed by atoms with Gasteiger partial charge < -0.3 is 4.42 Å². The van der Waals surface area contributed by atoms with Gasteiger partial charge in [0.15, 0.2) is 0 Å². The van der Waals surface area contributed by atoms with E-state index < -0.39 is 0 Å². The molecule has 1 aromatic heterocycles. The lowest BCUT2D eigenvalue weighted by Crippen LogP contribution is -2.13. The van der Waals surface area contributed by atoms with Gasteiger partial charge in [-0.1, -0.05) is 187 Å². The van der Waals surface area contributed by atoms with E-state index in [0.29, 0.717) is 0 Å². The second-order valence-electron chi connectivity index (χ2n) is 18.9. The van der Waals surface area contributed by atoms with Crippen molar-refractivity contribution in [1.82, 2.24) is 0 Å². The molecule has 61 heavy (non-hydrogen) atoms. The Bertz CT molecular complexity index is 3310. The zero-order chi connectivity index (χ0) is 41.6.